The van der Waals surface area contributed by atoms with E-state index >= 15 is 0 Å². The quantitative estimate of drug-likeness (QED) is 0.808. The van der Waals surface area contributed by atoms with Crippen molar-refractivity contribution < 1.29 is 24.6 Å². The van der Waals surface area contributed by atoms with Gasteiger partial charge in [0.25, 0.3) is 0 Å². The summed E-state index contributed by atoms with van der Waals surface area (Å²) in [5.41, 5.74) is -0.216. The van der Waals surface area contributed by atoms with Crippen molar-refractivity contribution in [3.63, 3.8) is 0 Å². The Hall–Kier alpha value is -1.39. The molecule has 126 valence electrons. The predicted octanol–water partition coefficient (Wildman–Crippen LogP) is 3.86. The second kappa shape index (κ2) is 10.4. The van der Waals surface area contributed by atoms with E-state index in [4.69, 9.17) is 10.2 Å². The molecule has 5 nitrogen and oxygen atoms in total. The number of carbonyl (C=O) groups is 3. The van der Waals surface area contributed by atoms with Gasteiger partial charge in [0, 0.05) is 5.41 Å². The molecule has 0 aromatic rings. The lowest BCUT2D eigenvalue weighted by molar-refractivity contribution is -0.141. The molecule has 0 fully saturated rings. The maximum atomic E-state index is 10.5. The summed E-state index contributed by atoms with van der Waals surface area (Å²) in [6, 6.07) is 0. The van der Waals surface area contributed by atoms with Crippen LogP contribution in [0.25, 0.3) is 0 Å². The molecule has 0 radical (unpaired) electrons. The molecule has 0 spiro atoms. The van der Waals surface area contributed by atoms with Crippen molar-refractivity contribution in [2.24, 2.45) is 16.7 Å². The van der Waals surface area contributed by atoms with E-state index in [2.05, 4.69) is 0 Å². The van der Waals surface area contributed by atoms with Crippen LogP contribution in [-0.4, -0.2) is 27.9 Å². The average Bonchev–Trinajstić information content (AvgIpc) is 2.12. The minimum Gasteiger partial charge on any atom is -0.481 e. The summed E-state index contributed by atoms with van der Waals surface area (Å²) in [6.07, 6.45) is 0.243. The Kier molecular flexibility index (Phi) is 12.1. The molecule has 0 atom stereocenters. The van der Waals surface area contributed by atoms with Crippen LogP contribution in [0.15, 0.2) is 0 Å². The standard InChI is InChI=1S/C6H12O2.C6H12O.C4H8O2/c1-6(2,3)4-5(7)8;1-5(7)6(2,3)4;1-3(2)4(5)6/h4H2,1-3H3,(H,7,8);1-4H3;3H,1-2H3,(H,5,6). The van der Waals surface area contributed by atoms with Gasteiger partial charge < -0.3 is 10.2 Å². The van der Waals surface area contributed by atoms with Gasteiger partial charge in [0.1, 0.15) is 5.78 Å². The zero-order valence-corrected chi connectivity index (χ0v) is 14.9. The summed E-state index contributed by atoms with van der Waals surface area (Å²) >= 11 is 0. The first-order chi connectivity index (χ1) is 9.00. The number of carbonyl (C=O) groups excluding carboxylic acids is 1. The zero-order valence-electron chi connectivity index (χ0n) is 14.9. The molecule has 21 heavy (non-hydrogen) atoms. The number of rotatable bonds is 2. The van der Waals surface area contributed by atoms with Gasteiger partial charge >= 0.3 is 11.9 Å². The third kappa shape index (κ3) is 27.7. The van der Waals surface area contributed by atoms with Crippen LogP contribution >= 0.6 is 0 Å². The SMILES string of the molecule is CC(=O)C(C)(C)C.CC(C)(C)CC(=O)O.CC(C)C(=O)O. The maximum Gasteiger partial charge on any atom is 0.305 e. The zero-order chi connectivity index (χ0) is 18.0. The fraction of sp³-hybridized carbons (Fsp3) is 0.812. The summed E-state index contributed by atoms with van der Waals surface area (Å²) < 4.78 is 0. The first-order valence-electron chi connectivity index (χ1n) is 6.96. The Balaban J connectivity index is -0.000000234. The van der Waals surface area contributed by atoms with Crippen LogP contribution in [0, 0.1) is 16.7 Å². The Morgan fingerprint density at radius 1 is 0.905 bits per heavy atom. The Labute approximate surface area is 128 Å². The first kappa shape index (κ1) is 24.6. The van der Waals surface area contributed by atoms with E-state index in [1.807, 2.05) is 41.5 Å². The summed E-state index contributed by atoms with van der Waals surface area (Å²) in [5, 5.41) is 16.2. The molecule has 0 unspecified atom stereocenters. The van der Waals surface area contributed by atoms with Crippen LogP contribution in [0.5, 0.6) is 0 Å². The normalized spacial score (nSPS) is 10.8. The van der Waals surface area contributed by atoms with Gasteiger partial charge in [-0.15, -0.1) is 0 Å². The summed E-state index contributed by atoms with van der Waals surface area (Å²) in [7, 11) is 0. The second-order valence-electron chi connectivity index (χ2n) is 7.43. The topological polar surface area (TPSA) is 91.7 Å². The highest BCUT2D eigenvalue weighted by Gasteiger charge is 2.15. The van der Waals surface area contributed by atoms with Crippen LogP contribution in [0.1, 0.15) is 68.7 Å². The molecule has 0 aliphatic rings. The number of hydrogen-bond donors (Lipinski definition) is 2. The Morgan fingerprint density at radius 3 is 1.14 bits per heavy atom. The van der Waals surface area contributed by atoms with E-state index in [0.29, 0.717) is 0 Å². The van der Waals surface area contributed by atoms with E-state index in [1.54, 1.807) is 20.8 Å². The lowest BCUT2D eigenvalue weighted by Crippen LogP contribution is -2.15. The number of Topliss-reactive ketones (excluding diaryl/α,β-unsaturated/α-hetero) is 1. The molecule has 0 aliphatic carbocycles. The highest BCUT2D eigenvalue weighted by Crippen LogP contribution is 2.17. The van der Waals surface area contributed by atoms with E-state index in [0.717, 1.165) is 0 Å². The van der Waals surface area contributed by atoms with Gasteiger partial charge in [0.05, 0.1) is 12.3 Å². The van der Waals surface area contributed by atoms with E-state index < -0.39 is 11.9 Å². The lowest BCUT2D eigenvalue weighted by atomic mass is 9.92. The molecule has 0 aliphatic heterocycles. The second-order valence-corrected chi connectivity index (χ2v) is 7.43. The van der Waals surface area contributed by atoms with Crippen molar-refractivity contribution in [2.75, 3.05) is 0 Å². The third-order valence-corrected chi connectivity index (χ3v) is 2.23. The third-order valence-electron chi connectivity index (χ3n) is 2.23. The van der Waals surface area contributed by atoms with Crippen LogP contribution in [-0.2, 0) is 14.4 Å². The lowest BCUT2D eigenvalue weighted by Gasteiger charge is -2.13. The van der Waals surface area contributed by atoms with Crippen molar-refractivity contribution in [3.05, 3.63) is 0 Å². The number of carboxylic acids is 2. The average molecular weight is 304 g/mol. The molecule has 0 aromatic heterocycles. The molecular weight excluding hydrogens is 272 g/mol. The minimum absolute atomic E-state index is 0.0775. The monoisotopic (exact) mass is 304 g/mol. The highest BCUT2D eigenvalue weighted by molar-refractivity contribution is 5.80. The first-order valence-corrected chi connectivity index (χ1v) is 6.96. The van der Waals surface area contributed by atoms with Crippen LogP contribution in [0.2, 0.25) is 0 Å². The number of ketones is 1. The number of hydrogen-bond acceptors (Lipinski definition) is 3. The molecule has 0 saturated carbocycles. The Bertz CT molecular complexity index is 330. The van der Waals surface area contributed by atoms with Gasteiger partial charge in [-0.25, -0.2) is 0 Å². The van der Waals surface area contributed by atoms with Crippen molar-refractivity contribution in [2.45, 2.75) is 68.7 Å². The maximum absolute atomic E-state index is 10.5. The molecule has 0 amide bonds. The molecule has 0 bridgehead atoms. The molecule has 0 aromatic carbocycles. The van der Waals surface area contributed by atoms with Crippen molar-refractivity contribution in [1.82, 2.24) is 0 Å². The van der Waals surface area contributed by atoms with Crippen LogP contribution in [0.3, 0.4) is 0 Å². The van der Waals surface area contributed by atoms with E-state index in [9.17, 15) is 14.4 Å². The van der Waals surface area contributed by atoms with Crippen molar-refractivity contribution in [3.8, 4) is 0 Å². The van der Waals surface area contributed by atoms with E-state index in [-0.39, 0.29) is 29.0 Å². The number of carboxylic acid groups (broad SMARTS) is 2. The minimum atomic E-state index is -0.741. The summed E-state index contributed by atoms with van der Waals surface area (Å²) in [4.78, 5) is 30.2. The molecule has 0 saturated heterocycles. The van der Waals surface area contributed by atoms with Gasteiger partial charge in [0.15, 0.2) is 0 Å². The predicted molar refractivity (Wildman–Crippen MR) is 84.3 cm³/mol. The van der Waals surface area contributed by atoms with Gasteiger partial charge in [0.2, 0.25) is 0 Å². The molecule has 2 N–H and O–H groups in total. The van der Waals surface area contributed by atoms with Gasteiger partial charge in [-0.2, -0.15) is 0 Å². The highest BCUT2D eigenvalue weighted by atomic mass is 16.4. The fourth-order valence-electron chi connectivity index (χ4n) is 0.454. The summed E-state index contributed by atoms with van der Waals surface area (Å²) in [5.74, 6) is -1.45. The van der Waals surface area contributed by atoms with E-state index in [1.165, 1.54) is 0 Å². The number of aliphatic carboxylic acids is 2. The van der Waals surface area contributed by atoms with Gasteiger partial charge in [-0.1, -0.05) is 55.4 Å². The molecule has 5 heteroatoms. The van der Waals surface area contributed by atoms with Crippen molar-refractivity contribution in [1.29, 1.82) is 0 Å². The van der Waals surface area contributed by atoms with Crippen molar-refractivity contribution >= 4 is 17.7 Å². The van der Waals surface area contributed by atoms with Crippen LogP contribution in [0.4, 0.5) is 0 Å². The fourth-order valence-corrected chi connectivity index (χ4v) is 0.454. The molecule has 0 rings (SSSR count). The largest absolute Gasteiger partial charge is 0.481 e. The van der Waals surface area contributed by atoms with Gasteiger partial charge in [-0.05, 0) is 12.3 Å². The smallest absolute Gasteiger partial charge is 0.305 e. The molecule has 0 heterocycles. The van der Waals surface area contributed by atoms with Crippen LogP contribution < -0.4 is 0 Å². The summed E-state index contributed by atoms with van der Waals surface area (Å²) in [6.45, 7) is 16.3. The Morgan fingerprint density at radius 2 is 1.14 bits per heavy atom. The molecular formula is C16H32O5. The van der Waals surface area contributed by atoms with Gasteiger partial charge in [-0.3, -0.25) is 14.4 Å².